The van der Waals surface area contributed by atoms with Crippen LogP contribution >= 0.6 is 11.3 Å². The van der Waals surface area contributed by atoms with E-state index in [1.807, 2.05) is 15.2 Å². The van der Waals surface area contributed by atoms with Crippen LogP contribution in [0.4, 0.5) is 0 Å². The molecule has 136 valence electrons. The second-order valence-electron chi connectivity index (χ2n) is 7.62. The number of nitrogens with zero attached hydrogens (tertiary/aromatic N) is 3. The van der Waals surface area contributed by atoms with E-state index >= 15 is 0 Å². The number of aromatic nitrogens is 1. The first-order valence-electron chi connectivity index (χ1n) is 9.26. The second-order valence-corrected chi connectivity index (χ2v) is 8.34. The second kappa shape index (κ2) is 7.03. The van der Waals surface area contributed by atoms with Crippen LogP contribution in [0.2, 0.25) is 0 Å². The van der Waals surface area contributed by atoms with E-state index < -0.39 is 0 Å². The smallest absolute Gasteiger partial charge is 0.228 e. The highest BCUT2D eigenvalue weighted by Crippen LogP contribution is 2.33. The number of amides is 2. The van der Waals surface area contributed by atoms with E-state index in [1.54, 1.807) is 16.8 Å². The summed E-state index contributed by atoms with van der Waals surface area (Å²) in [4.78, 5) is 34.0. The Balaban J connectivity index is 1.47. The monoisotopic (exact) mass is 363 g/mol. The van der Waals surface area contributed by atoms with Gasteiger partial charge in [-0.1, -0.05) is 0 Å². The molecule has 0 aromatic carbocycles. The molecule has 25 heavy (non-hydrogen) atoms. The largest absolute Gasteiger partial charge is 0.393 e. The van der Waals surface area contributed by atoms with Crippen molar-refractivity contribution < 1.29 is 14.7 Å². The Kier molecular flexibility index (Phi) is 4.78. The van der Waals surface area contributed by atoms with E-state index in [0.29, 0.717) is 32.5 Å². The first kappa shape index (κ1) is 17.0. The van der Waals surface area contributed by atoms with Crippen LogP contribution in [0.1, 0.15) is 44.2 Å². The predicted molar refractivity (Wildman–Crippen MR) is 93.7 cm³/mol. The zero-order chi connectivity index (χ0) is 17.4. The highest BCUT2D eigenvalue weighted by atomic mass is 32.1. The maximum absolute atomic E-state index is 13.0. The fraction of sp³-hybridized carbons (Fsp3) is 0.722. The maximum Gasteiger partial charge on any atom is 0.228 e. The van der Waals surface area contributed by atoms with Crippen LogP contribution in [0.25, 0.3) is 0 Å². The van der Waals surface area contributed by atoms with Crippen molar-refractivity contribution in [2.24, 2.45) is 11.8 Å². The van der Waals surface area contributed by atoms with E-state index in [9.17, 15) is 14.7 Å². The number of hydrogen-bond donors (Lipinski definition) is 1. The molecule has 1 aliphatic carbocycles. The van der Waals surface area contributed by atoms with Gasteiger partial charge < -0.3 is 14.9 Å². The Bertz CT molecular complexity index is 628. The third-order valence-electron chi connectivity index (χ3n) is 5.97. The molecule has 4 heterocycles. The molecule has 4 fully saturated rings. The van der Waals surface area contributed by atoms with Gasteiger partial charge in [0.2, 0.25) is 11.8 Å². The summed E-state index contributed by atoms with van der Waals surface area (Å²) in [5, 5.41) is 11.7. The minimum absolute atomic E-state index is 0.0167. The Morgan fingerprint density at radius 3 is 2.72 bits per heavy atom. The summed E-state index contributed by atoms with van der Waals surface area (Å²) >= 11 is 1.54. The molecule has 4 aliphatic rings. The highest BCUT2D eigenvalue weighted by molar-refractivity contribution is 7.07. The first-order valence-corrected chi connectivity index (χ1v) is 10.2. The van der Waals surface area contributed by atoms with E-state index in [4.69, 9.17) is 0 Å². The van der Waals surface area contributed by atoms with Crippen molar-refractivity contribution in [2.75, 3.05) is 13.1 Å². The topological polar surface area (TPSA) is 73.7 Å². The van der Waals surface area contributed by atoms with Gasteiger partial charge in [-0.05, 0) is 38.5 Å². The SMILES string of the molecule is O=C(C1CCC(O)CC1)N1C[C@@H]2CC[C@H](C1)N(Cc1cscn1)C2=O. The zero-order valence-electron chi connectivity index (χ0n) is 14.3. The van der Waals surface area contributed by atoms with Gasteiger partial charge >= 0.3 is 0 Å². The molecule has 1 N–H and O–H groups in total. The molecule has 2 atom stereocenters. The number of aliphatic hydroxyl groups excluding tert-OH is 1. The van der Waals surface area contributed by atoms with Crippen molar-refractivity contribution in [1.82, 2.24) is 14.8 Å². The number of hydrogen-bond acceptors (Lipinski definition) is 5. The van der Waals surface area contributed by atoms with E-state index in [2.05, 4.69) is 4.98 Å². The van der Waals surface area contributed by atoms with Gasteiger partial charge in [0.05, 0.1) is 29.8 Å². The molecular formula is C18H25N3O3S. The Morgan fingerprint density at radius 1 is 1.20 bits per heavy atom. The third kappa shape index (κ3) is 3.44. The Hall–Kier alpha value is -1.47. The summed E-state index contributed by atoms with van der Waals surface area (Å²) in [7, 11) is 0. The molecule has 1 aromatic rings. The van der Waals surface area contributed by atoms with Crippen molar-refractivity contribution >= 4 is 23.2 Å². The number of aliphatic hydroxyl groups is 1. The summed E-state index contributed by atoms with van der Waals surface area (Å²) in [6.45, 7) is 1.76. The normalized spacial score (nSPS) is 32.8. The Morgan fingerprint density at radius 2 is 2.00 bits per heavy atom. The molecule has 5 rings (SSSR count). The average molecular weight is 363 g/mol. The highest BCUT2D eigenvalue weighted by Gasteiger charge is 2.43. The zero-order valence-corrected chi connectivity index (χ0v) is 15.2. The van der Waals surface area contributed by atoms with Gasteiger partial charge in [-0.2, -0.15) is 0 Å². The fourth-order valence-corrected chi connectivity index (χ4v) is 5.05. The molecule has 6 nitrogen and oxygen atoms in total. The molecule has 1 saturated carbocycles. The first-order chi connectivity index (χ1) is 12.1. The van der Waals surface area contributed by atoms with Crippen LogP contribution in [-0.2, 0) is 16.1 Å². The number of fused-ring (bicyclic) bond motifs is 4. The average Bonchev–Trinajstić information content (AvgIpc) is 2.98. The van der Waals surface area contributed by atoms with Gasteiger partial charge in [-0.25, -0.2) is 4.98 Å². The summed E-state index contributed by atoms with van der Waals surface area (Å²) < 4.78 is 0. The molecule has 0 spiro atoms. The number of piperidine rings is 1. The molecule has 2 bridgehead atoms. The number of thiazole rings is 1. The van der Waals surface area contributed by atoms with Crippen LogP contribution in [0, 0.1) is 11.8 Å². The van der Waals surface area contributed by atoms with Gasteiger partial charge in [0.15, 0.2) is 0 Å². The van der Waals surface area contributed by atoms with Crippen molar-refractivity contribution in [3.8, 4) is 0 Å². The van der Waals surface area contributed by atoms with E-state index in [1.165, 1.54) is 0 Å². The van der Waals surface area contributed by atoms with Crippen LogP contribution in [-0.4, -0.2) is 56.9 Å². The van der Waals surface area contributed by atoms with Gasteiger partial charge in [0.1, 0.15) is 0 Å². The Labute approximate surface area is 151 Å². The van der Waals surface area contributed by atoms with Crippen LogP contribution in [0.3, 0.4) is 0 Å². The number of rotatable bonds is 3. The quantitative estimate of drug-likeness (QED) is 0.886. The summed E-state index contributed by atoms with van der Waals surface area (Å²) in [5.41, 5.74) is 2.73. The lowest BCUT2D eigenvalue weighted by Gasteiger charge is -2.35. The minimum Gasteiger partial charge on any atom is -0.393 e. The van der Waals surface area contributed by atoms with Crippen LogP contribution < -0.4 is 0 Å². The third-order valence-corrected chi connectivity index (χ3v) is 6.60. The molecule has 1 aromatic heterocycles. The molecule has 7 heteroatoms. The van der Waals surface area contributed by atoms with Crippen LogP contribution in [0.5, 0.6) is 0 Å². The molecule has 3 saturated heterocycles. The number of carbonyl (C=O) groups excluding carboxylic acids is 2. The molecule has 0 radical (unpaired) electrons. The van der Waals surface area contributed by atoms with Crippen molar-refractivity contribution in [3.05, 3.63) is 16.6 Å². The lowest BCUT2D eigenvalue weighted by atomic mass is 9.86. The standard InChI is InChI=1S/C18H25N3O3S/c22-16-5-2-12(3-6-16)17(23)20-7-13-1-4-15(9-20)21(18(13)24)8-14-10-25-11-19-14/h10-13,15-16,22H,1-9H2/t12?,13-,15+,16?/m0/s1. The lowest BCUT2D eigenvalue weighted by molar-refractivity contribution is -0.140. The van der Waals surface area contributed by atoms with Gasteiger partial charge in [-0.3, -0.25) is 9.59 Å². The van der Waals surface area contributed by atoms with E-state index in [-0.39, 0.29) is 35.8 Å². The van der Waals surface area contributed by atoms with Gasteiger partial charge in [0, 0.05) is 30.4 Å². The van der Waals surface area contributed by atoms with Crippen molar-refractivity contribution in [3.63, 3.8) is 0 Å². The van der Waals surface area contributed by atoms with Crippen molar-refractivity contribution in [2.45, 2.75) is 57.2 Å². The van der Waals surface area contributed by atoms with Crippen molar-refractivity contribution in [1.29, 1.82) is 0 Å². The number of carbonyl (C=O) groups is 2. The maximum atomic E-state index is 13.0. The molecule has 0 unspecified atom stereocenters. The van der Waals surface area contributed by atoms with Gasteiger partial charge in [0.25, 0.3) is 0 Å². The molecular weight excluding hydrogens is 338 g/mol. The van der Waals surface area contributed by atoms with Crippen LogP contribution in [0.15, 0.2) is 10.9 Å². The van der Waals surface area contributed by atoms with Gasteiger partial charge in [-0.15, -0.1) is 11.3 Å². The fourth-order valence-electron chi connectivity index (χ4n) is 4.50. The van der Waals surface area contributed by atoms with E-state index in [0.717, 1.165) is 31.4 Å². The molecule has 3 aliphatic heterocycles. The molecule has 2 amide bonds. The predicted octanol–water partition coefficient (Wildman–Crippen LogP) is 1.64. The summed E-state index contributed by atoms with van der Waals surface area (Å²) in [6, 6.07) is 0.103. The lowest BCUT2D eigenvalue weighted by Crippen LogP contribution is -2.47. The summed E-state index contributed by atoms with van der Waals surface area (Å²) in [6.07, 6.45) is 4.56. The minimum atomic E-state index is -0.250. The summed E-state index contributed by atoms with van der Waals surface area (Å²) in [5.74, 6) is 0.309.